The molecule has 4 heteroatoms. The highest BCUT2D eigenvalue weighted by atomic mass is 16.3. The molecule has 2 amide bonds. The Labute approximate surface area is 122 Å². The van der Waals surface area contributed by atoms with E-state index in [0.717, 1.165) is 25.8 Å². The van der Waals surface area contributed by atoms with Crippen molar-refractivity contribution in [3.05, 3.63) is 0 Å². The predicted octanol–water partition coefficient (Wildman–Crippen LogP) is 2.81. The number of hydrogen-bond acceptors (Lipinski definition) is 2. The minimum atomic E-state index is -0.000580. The highest BCUT2D eigenvalue weighted by molar-refractivity contribution is 5.74. The molecule has 0 aromatic heterocycles. The van der Waals surface area contributed by atoms with Gasteiger partial charge in [0.15, 0.2) is 0 Å². The van der Waals surface area contributed by atoms with Crippen LogP contribution in [0.4, 0.5) is 4.79 Å². The van der Waals surface area contributed by atoms with Crippen molar-refractivity contribution in [1.82, 2.24) is 10.6 Å². The Kier molecular flexibility index (Phi) is 5.70. The van der Waals surface area contributed by atoms with Crippen LogP contribution in [-0.2, 0) is 0 Å². The normalized spacial score (nSPS) is 23.7. The predicted molar refractivity (Wildman–Crippen MR) is 80.6 cm³/mol. The van der Waals surface area contributed by atoms with Gasteiger partial charge in [0.05, 0.1) is 0 Å². The van der Waals surface area contributed by atoms with E-state index in [1.807, 2.05) is 0 Å². The summed E-state index contributed by atoms with van der Waals surface area (Å²) >= 11 is 0. The van der Waals surface area contributed by atoms with E-state index in [0.29, 0.717) is 12.0 Å². The maximum atomic E-state index is 12.0. The average molecular weight is 282 g/mol. The van der Waals surface area contributed by atoms with Crippen LogP contribution < -0.4 is 10.6 Å². The Balaban J connectivity index is 1.73. The van der Waals surface area contributed by atoms with E-state index in [1.54, 1.807) is 0 Å². The molecular weight excluding hydrogens is 252 g/mol. The summed E-state index contributed by atoms with van der Waals surface area (Å²) in [6.45, 7) is 3.21. The Morgan fingerprint density at radius 3 is 2.50 bits per heavy atom. The van der Waals surface area contributed by atoms with Crippen LogP contribution >= 0.6 is 0 Å². The Morgan fingerprint density at radius 1 is 1.25 bits per heavy atom. The highest BCUT2D eigenvalue weighted by Gasteiger charge is 2.41. The molecule has 1 atom stereocenters. The minimum absolute atomic E-state index is 0.000580. The zero-order chi connectivity index (χ0) is 14.4. The number of nitrogens with one attached hydrogen (secondary N) is 2. The molecule has 0 bridgehead atoms. The molecule has 0 aliphatic heterocycles. The number of carbonyl (C=O) groups excluding carboxylic acids is 1. The average Bonchev–Trinajstić information content (AvgIpc) is 2.39. The lowest BCUT2D eigenvalue weighted by molar-refractivity contribution is 0.0455. The van der Waals surface area contributed by atoms with Gasteiger partial charge in [0, 0.05) is 19.2 Å². The summed E-state index contributed by atoms with van der Waals surface area (Å²) in [5.41, 5.74) is 0.229. The van der Waals surface area contributed by atoms with Crippen molar-refractivity contribution in [2.45, 2.75) is 70.8 Å². The highest BCUT2D eigenvalue weighted by Crippen LogP contribution is 2.47. The first kappa shape index (κ1) is 15.6. The first-order valence-electron chi connectivity index (χ1n) is 8.31. The van der Waals surface area contributed by atoms with Gasteiger partial charge in [-0.2, -0.15) is 0 Å². The molecule has 2 fully saturated rings. The van der Waals surface area contributed by atoms with Crippen LogP contribution in [0.1, 0.15) is 64.7 Å². The van der Waals surface area contributed by atoms with Gasteiger partial charge in [0.1, 0.15) is 0 Å². The maximum Gasteiger partial charge on any atom is 0.315 e. The van der Waals surface area contributed by atoms with E-state index < -0.39 is 0 Å². The fourth-order valence-electron chi connectivity index (χ4n) is 3.71. The van der Waals surface area contributed by atoms with Crippen LogP contribution in [0.3, 0.4) is 0 Å². The lowest BCUT2D eigenvalue weighted by Gasteiger charge is -2.47. The number of hydrogen-bond donors (Lipinski definition) is 3. The molecule has 2 rings (SSSR count). The van der Waals surface area contributed by atoms with Crippen molar-refractivity contribution < 1.29 is 9.90 Å². The van der Waals surface area contributed by atoms with Crippen LogP contribution in [0.2, 0.25) is 0 Å². The second-order valence-electron chi connectivity index (χ2n) is 6.79. The molecule has 0 aromatic carbocycles. The van der Waals surface area contributed by atoms with Crippen LogP contribution in [0.25, 0.3) is 0 Å². The van der Waals surface area contributed by atoms with Crippen molar-refractivity contribution in [1.29, 1.82) is 0 Å². The summed E-state index contributed by atoms with van der Waals surface area (Å²) < 4.78 is 0. The summed E-state index contributed by atoms with van der Waals surface area (Å²) in [7, 11) is 0. The lowest BCUT2D eigenvalue weighted by Crippen LogP contribution is -2.50. The van der Waals surface area contributed by atoms with Gasteiger partial charge in [-0.05, 0) is 43.4 Å². The van der Waals surface area contributed by atoms with Crippen LogP contribution in [-0.4, -0.2) is 30.3 Å². The van der Waals surface area contributed by atoms with E-state index >= 15 is 0 Å². The molecule has 0 radical (unpaired) electrons. The standard InChI is InChI=1S/C16H30N2O2/c1-13(8-11-19)16(9-5-10-16)12-17-15(20)18-14-6-3-2-4-7-14/h13-14,19H,2-12H2,1H3,(H2,17,18,20)/t13-/m0/s1. The van der Waals surface area contributed by atoms with Crippen LogP contribution in [0, 0.1) is 11.3 Å². The number of rotatable bonds is 6. The lowest BCUT2D eigenvalue weighted by atomic mass is 9.60. The molecule has 0 unspecified atom stereocenters. The molecule has 2 aliphatic carbocycles. The molecule has 0 aromatic rings. The first-order valence-corrected chi connectivity index (χ1v) is 8.31. The van der Waals surface area contributed by atoms with Crippen molar-refractivity contribution in [3.63, 3.8) is 0 Å². The number of aliphatic hydroxyl groups excluding tert-OH is 1. The molecule has 0 heterocycles. The zero-order valence-electron chi connectivity index (χ0n) is 12.8. The molecule has 0 saturated heterocycles. The third kappa shape index (κ3) is 3.87. The third-order valence-electron chi connectivity index (χ3n) is 5.50. The molecule has 3 N–H and O–H groups in total. The third-order valence-corrected chi connectivity index (χ3v) is 5.50. The van der Waals surface area contributed by atoms with Crippen LogP contribution in [0.15, 0.2) is 0 Å². The van der Waals surface area contributed by atoms with E-state index in [9.17, 15) is 4.79 Å². The second kappa shape index (κ2) is 7.30. The first-order chi connectivity index (χ1) is 9.66. The number of amides is 2. The number of urea groups is 1. The molecule has 2 aliphatic rings. The van der Waals surface area contributed by atoms with Gasteiger partial charge in [0.25, 0.3) is 0 Å². The van der Waals surface area contributed by atoms with E-state index in [2.05, 4.69) is 17.6 Å². The Hall–Kier alpha value is -0.770. The fraction of sp³-hybridized carbons (Fsp3) is 0.938. The molecule has 4 nitrogen and oxygen atoms in total. The van der Waals surface area contributed by atoms with Gasteiger partial charge >= 0.3 is 6.03 Å². The van der Waals surface area contributed by atoms with Gasteiger partial charge in [0.2, 0.25) is 0 Å². The van der Waals surface area contributed by atoms with Crippen molar-refractivity contribution in [2.75, 3.05) is 13.2 Å². The van der Waals surface area contributed by atoms with E-state index in [1.165, 1.54) is 38.5 Å². The zero-order valence-corrected chi connectivity index (χ0v) is 12.8. The van der Waals surface area contributed by atoms with E-state index in [4.69, 9.17) is 5.11 Å². The monoisotopic (exact) mass is 282 g/mol. The molecule has 116 valence electrons. The summed E-state index contributed by atoms with van der Waals surface area (Å²) in [5, 5.41) is 15.3. The van der Waals surface area contributed by atoms with Gasteiger partial charge in [-0.25, -0.2) is 4.79 Å². The molecule has 0 spiro atoms. The van der Waals surface area contributed by atoms with E-state index in [-0.39, 0.29) is 18.1 Å². The summed E-state index contributed by atoms with van der Waals surface area (Å²) in [6.07, 6.45) is 10.5. The topological polar surface area (TPSA) is 61.4 Å². The minimum Gasteiger partial charge on any atom is -0.396 e. The summed E-state index contributed by atoms with van der Waals surface area (Å²) in [6, 6.07) is 0.371. The summed E-state index contributed by atoms with van der Waals surface area (Å²) in [4.78, 5) is 12.0. The van der Waals surface area contributed by atoms with Gasteiger partial charge in [-0.3, -0.25) is 0 Å². The Morgan fingerprint density at radius 2 is 1.95 bits per heavy atom. The molecule has 20 heavy (non-hydrogen) atoms. The second-order valence-corrected chi connectivity index (χ2v) is 6.79. The Bertz CT molecular complexity index is 310. The van der Waals surface area contributed by atoms with Crippen molar-refractivity contribution >= 4 is 6.03 Å². The van der Waals surface area contributed by atoms with Gasteiger partial charge < -0.3 is 15.7 Å². The SMILES string of the molecule is C[C@@H](CCO)C1(CNC(=O)NC2CCCCC2)CCC1. The van der Waals surface area contributed by atoms with Gasteiger partial charge in [-0.15, -0.1) is 0 Å². The number of carbonyl (C=O) groups is 1. The quantitative estimate of drug-likeness (QED) is 0.701. The van der Waals surface area contributed by atoms with Crippen molar-refractivity contribution in [3.8, 4) is 0 Å². The largest absolute Gasteiger partial charge is 0.396 e. The molecule has 2 saturated carbocycles. The van der Waals surface area contributed by atoms with Gasteiger partial charge in [-0.1, -0.05) is 32.6 Å². The fourth-order valence-corrected chi connectivity index (χ4v) is 3.71. The molecular formula is C16H30N2O2. The van der Waals surface area contributed by atoms with Crippen molar-refractivity contribution in [2.24, 2.45) is 11.3 Å². The summed E-state index contributed by atoms with van der Waals surface area (Å²) in [5.74, 6) is 0.483. The van der Waals surface area contributed by atoms with Crippen LogP contribution in [0.5, 0.6) is 0 Å². The number of aliphatic hydroxyl groups is 1. The smallest absolute Gasteiger partial charge is 0.315 e. The maximum absolute atomic E-state index is 12.0.